The van der Waals surface area contributed by atoms with Gasteiger partial charge in [0.15, 0.2) is 0 Å². The number of rotatable bonds is 6. The highest BCUT2D eigenvalue weighted by molar-refractivity contribution is 7.99. The molecular formula is C18H24FN5OS. The van der Waals surface area contributed by atoms with Crippen LogP contribution in [0.5, 0.6) is 0 Å². The van der Waals surface area contributed by atoms with E-state index in [1.807, 2.05) is 11.6 Å². The van der Waals surface area contributed by atoms with Crippen LogP contribution in [0, 0.1) is 5.82 Å². The van der Waals surface area contributed by atoms with E-state index in [1.54, 1.807) is 24.1 Å². The molecule has 26 heavy (non-hydrogen) atoms. The number of nitrogens with zero attached hydrogens (tertiary/aromatic N) is 5. The molecule has 1 aliphatic carbocycles. The van der Waals surface area contributed by atoms with Gasteiger partial charge in [0.25, 0.3) is 0 Å². The molecule has 1 heterocycles. The van der Waals surface area contributed by atoms with E-state index < -0.39 is 0 Å². The van der Waals surface area contributed by atoms with E-state index in [2.05, 4.69) is 15.5 Å². The number of aromatic nitrogens is 4. The van der Waals surface area contributed by atoms with Gasteiger partial charge in [-0.15, -0.1) is 5.10 Å². The van der Waals surface area contributed by atoms with Crippen molar-refractivity contribution in [3.8, 4) is 0 Å². The highest BCUT2D eigenvalue weighted by atomic mass is 32.2. The molecule has 0 bridgehead atoms. The predicted molar refractivity (Wildman–Crippen MR) is 98.2 cm³/mol. The fourth-order valence-corrected chi connectivity index (χ4v) is 4.11. The molecule has 3 rings (SSSR count). The summed E-state index contributed by atoms with van der Waals surface area (Å²) in [7, 11) is 1.76. The third-order valence-corrected chi connectivity index (χ3v) is 5.95. The Balaban J connectivity index is 1.58. The van der Waals surface area contributed by atoms with Gasteiger partial charge in [-0.2, -0.15) is 0 Å². The van der Waals surface area contributed by atoms with Crippen LogP contribution in [0.3, 0.4) is 0 Å². The number of hydrogen-bond acceptors (Lipinski definition) is 5. The number of carbonyl (C=O) groups is 1. The minimum atomic E-state index is -0.278. The van der Waals surface area contributed by atoms with Gasteiger partial charge < -0.3 is 4.90 Å². The standard InChI is InChI=1S/C18H24FN5OS/c1-13(14-8-10-15(19)11-9-14)23(2)17(25)12-26-18-20-21-22-24(18)16-6-4-3-5-7-16/h8-11,13,16H,3-7,12H2,1-2H3. The van der Waals surface area contributed by atoms with E-state index in [0.29, 0.717) is 11.2 Å². The molecule has 1 fully saturated rings. The zero-order valence-electron chi connectivity index (χ0n) is 15.1. The summed E-state index contributed by atoms with van der Waals surface area (Å²) in [6.07, 6.45) is 5.85. The van der Waals surface area contributed by atoms with Gasteiger partial charge in [0, 0.05) is 7.05 Å². The Morgan fingerprint density at radius 2 is 2.00 bits per heavy atom. The number of halogens is 1. The van der Waals surface area contributed by atoms with Crippen molar-refractivity contribution in [2.45, 2.75) is 56.3 Å². The number of amides is 1. The molecule has 0 N–H and O–H groups in total. The van der Waals surface area contributed by atoms with E-state index in [4.69, 9.17) is 0 Å². The maximum absolute atomic E-state index is 13.1. The molecule has 1 amide bonds. The molecule has 0 saturated heterocycles. The summed E-state index contributed by atoms with van der Waals surface area (Å²) in [6, 6.07) is 6.46. The first-order valence-electron chi connectivity index (χ1n) is 8.98. The summed E-state index contributed by atoms with van der Waals surface area (Å²) < 4.78 is 14.9. The molecule has 8 heteroatoms. The first kappa shape index (κ1) is 18.8. The minimum Gasteiger partial charge on any atom is -0.338 e. The summed E-state index contributed by atoms with van der Waals surface area (Å²) in [5.41, 5.74) is 0.902. The third kappa shape index (κ3) is 4.41. The van der Waals surface area contributed by atoms with Crippen molar-refractivity contribution >= 4 is 17.7 Å². The zero-order valence-corrected chi connectivity index (χ0v) is 16.0. The molecule has 1 aromatic heterocycles. The topological polar surface area (TPSA) is 63.9 Å². The summed E-state index contributed by atoms with van der Waals surface area (Å²) in [5.74, 6) is -0.0140. The van der Waals surface area contributed by atoms with Crippen molar-refractivity contribution in [3.63, 3.8) is 0 Å². The van der Waals surface area contributed by atoms with Gasteiger partial charge in [-0.1, -0.05) is 43.2 Å². The van der Waals surface area contributed by atoms with Gasteiger partial charge in [-0.05, 0) is 47.9 Å². The van der Waals surface area contributed by atoms with Crippen LogP contribution in [0.1, 0.15) is 56.7 Å². The largest absolute Gasteiger partial charge is 0.338 e. The van der Waals surface area contributed by atoms with E-state index in [1.165, 1.54) is 43.2 Å². The van der Waals surface area contributed by atoms with Gasteiger partial charge >= 0.3 is 0 Å². The van der Waals surface area contributed by atoms with Crippen molar-refractivity contribution in [1.29, 1.82) is 0 Å². The summed E-state index contributed by atoms with van der Waals surface area (Å²) >= 11 is 1.37. The first-order chi connectivity index (χ1) is 12.6. The van der Waals surface area contributed by atoms with Crippen LogP contribution in [0.15, 0.2) is 29.4 Å². The number of benzene rings is 1. The Bertz CT molecular complexity index is 729. The molecular weight excluding hydrogens is 353 g/mol. The SMILES string of the molecule is CC(c1ccc(F)cc1)N(C)C(=O)CSc1nnnn1C1CCCCC1. The quantitative estimate of drug-likeness (QED) is 0.719. The Morgan fingerprint density at radius 1 is 1.31 bits per heavy atom. The van der Waals surface area contributed by atoms with Gasteiger partial charge in [0.2, 0.25) is 11.1 Å². The van der Waals surface area contributed by atoms with Crippen molar-refractivity contribution < 1.29 is 9.18 Å². The van der Waals surface area contributed by atoms with Crippen molar-refractivity contribution in [1.82, 2.24) is 25.1 Å². The molecule has 1 atom stereocenters. The van der Waals surface area contributed by atoms with Gasteiger partial charge in [0.1, 0.15) is 5.82 Å². The highest BCUT2D eigenvalue weighted by Crippen LogP contribution is 2.30. The number of carbonyl (C=O) groups excluding carboxylic acids is 1. The minimum absolute atomic E-state index is 0.00924. The molecule has 1 saturated carbocycles. The van der Waals surface area contributed by atoms with Crippen LogP contribution in [0.4, 0.5) is 4.39 Å². The third-order valence-electron chi connectivity index (χ3n) is 5.03. The van der Waals surface area contributed by atoms with Crippen LogP contribution >= 0.6 is 11.8 Å². The fourth-order valence-electron chi connectivity index (χ4n) is 3.24. The van der Waals surface area contributed by atoms with Gasteiger partial charge in [0.05, 0.1) is 17.8 Å². The Morgan fingerprint density at radius 3 is 2.69 bits per heavy atom. The van der Waals surface area contributed by atoms with Crippen molar-refractivity contribution in [2.24, 2.45) is 0 Å². The van der Waals surface area contributed by atoms with E-state index in [-0.39, 0.29) is 23.5 Å². The van der Waals surface area contributed by atoms with Gasteiger partial charge in [-0.3, -0.25) is 4.79 Å². The molecule has 0 spiro atoms. The maximum atomic E-state index is 13.1. The van der Waals surface area contributed by atoms with Gasteiger partial charge in [-0.25, -0.2) is 9.07 Å². The van der Waals surface area contributed by atoms with Crippen LogP contribution in [0.2, 0.25) is 0 Å². The van der Waals surface area contributed by atoms with Crippen LogP contribution in [-0.4, -0.2) is 43.8 Å². The Hall–Kier alpha value is -1.96. The van der Waals surface area contributed by atoms with Crippen LogP contribution in [0.25, 0.3) is 0 Å². The average molecular weight is 377 g/mol. The summed E-state index contributed by atoms with van der Waals surface area (Å²) in [5, 5.41) is 12.7. The number of tetrazole rings is 1. The molecule has 140 valence electrons. The predicted octanol–water partition coefficient (Wildman–Crippen LogP) is 3.63. The summed E-state index contributed by atoms with van der Waals surface area (Å²) in [6.45, 7) is 1.93. The van der Waals surface area contributed by atoms with Crippen LogP contribution < -0.4 is 0 Å². The molecule has 1 aliphatic rings. The lowest BCUT2D eigenvalue weighted by atomic mass is 9.96. The second-order valence-corrected chi connectivity index (χ2v) is 7.66. The zero-order chi connectivity index (χ0) is 18.5. The summed E-state index contributed by atoms with van der Waals surface area (Å²) in [4.78, 5) is 14.2. The van der Waals surface area contributed by atoms with E-state index in [9.17, 15) is 9.18 Å². The average Bonchev–Trinajstić information content (AvgIpc) is 3.15. The van der Waals surface area contributed by atoms with E-state index >= 15 is 0 Å². The number of hydrogen-bond donors (Lipinski definition) is 0. The molecule has 1 aromatic carbocycles. The molecule has 1 unspecified atom stereocenters. The van der Waals surface area contributed by atoms with E-state index in [0.717, 1.165) is 18.4 Å². The lowest BCUT2D eigenvalue weighted by Crippen LogP contribution is -2.31. The van der Waals surface area contributed by atoms with Crippen molar-refractivity contribution in [2.75, 3.05) is 12.8 Å². The number of thioether (sulfide) groups is 1. The lowest BCUT2D eigenvalue weighted by Gasteiger charge is -2.25. The first-order valence-corrected chi connectivity index (χ1v) is 9.96. The molecule has 0 aliphatic heterocycles. The maximum Gasteiger partial charge on any atom is 0.233 e. The monoisotopic (exact) mass is 377 g/mol. The highest BCUT2D eigenvalue weighted by Gasteiger charge is 2.22. The normalized spacial score (nSPS) is 16.4. The van der Waals surface area contributed by atoms with Crippen LogP contribution in [-0.2, 0) is 4.79 Å². The Kier molecular flexibility index (Phi) is 6.24. The molecule has 0 radical (unpaired) electrons. The lowest BCUT2D eigenvalue weighted by molar-refractivity contribution is -0.128. The Labute approximate surface area is 157 Å². The molecule has 2 aromatic rings. The smallest absolute Gasteiger partial charge is 0.233 e. The fraction of sp³-hybridized carbons (Fsp3) is 0.556. The second kappa shape index (κ2) is 8.62. The second-order valence-electron chi connectivity index (χ2n) is 6.72. The van der Waals surface area contributed by atoms with Crippen molar-refractivity contribution in [3.05, 3.63) is 35.6 Å². The molecule has 6 nitrogen and oxygen atoms in total.